The number of aromatic hydroxyl groups is 2. The first-order chi connectivity index (χ1) is 10.3. The lowest BCUT2D eigenvalue weighted by atomic mass is 9.80. The second-order valence-corrected chi connectivity index (χ2v) is 6.37. The number of nitrogens with zero attached hydrogens (tertiary/aromatic N) is 1. The van der Waals surface area contributed by atoms with Gasteiger partial charge in [0.15, 0.2) is 0 Å². The van der Waals surface area contributed by atoms with E-state index in [1.165, 1.54) is 38.2 Å². The summed E-state index contributed by atoms with van der Waals surface area (Å²) in [5.74, 6) is 0.996. The van der Waals surface area contributed by atoms with E-state index in [0.717, 1.165) is 31.7 Å². The lowest BCUT2D eigenvalue weighted by Gasteiger charge is -2.41. The zero-order valence-corrected chi connectivity index (χ0v) is 12.6. The second-order valence-electron chi connectivity index (χ2n) is 6.37. The Morgan fingerprint density at radius 3 is 2.43 bits per heavy atom. The number of rotatable bonds is 3. The number of phenolic OH excluding ortho intramolecular Hbond substituents is 2. The Bertz CT molecular complexity index is 448. The van der Waals surface area contributed by atoms with Crippen LogP contribution in [-0.2, 0) is 0 Å². The maximum atomic E-state index is 10.3. The monoisotopic (exact) mass is 290 g/mol. The molecular formula is C17H26N2O2. The molecule has 1 saturated carbocycles. The SMILES string of the molecule is Oc1ccc([C@H](C2CCCCC2)N2CCNCC2)c(O)c1. The first kappa shape index (κ1) is 14.7. The van der Waals surface area contributed by atoms with Gasteiger partial charge in [-0.15, -0.1) is 0 Å². The molecule has 21 heavy (non-hydrogen) atoms. The van der Waals surface area contributed by atoms with Crippen molar-refractivity contribution in [3.63, 3.8) is 0 Å². The standard InChI is InChI=1S/C17H26N2O2/c20-14-6-7-15(16(21)12-14)17(13-4-2-1-3-5-13)19-10-8-18-9-11-19/h6-7,12-13,17-18,20-21H,1-5,8-11H2/t17-/m0/s1. The molecule has 0 radical (unpaired) electrons. The third kappa shape index (κ3) is 3.33. The van der Waals surface area contributed by atoms with Gasteiger partial charge in [-0.3, -0.25) is 4.90 Å². The summed E-state index contributed by atoms with van der Waals surface area (Å²) in [6, 6.07) is 5.37. The molecule has 0 bridgehead atoms. The molecule has 1 aromatic carbocycles. The van der Waals surface area contributed by atoms with E-state index < -0.39 is 0 Å². The normalized spacial score (nSPS) is 23.0. The highest BCUT2D eigenvalue weighted by Crippen LogP contribution is 2.42. The quantitative estimate of drug-likeness (QED) is 0.801. The summed E-state index contributed by atoms with van der Waals surface area (Å²) in [5, 5.41) is 23.3. The molecule has 0 aromatic heterocycles. The molecule has 0 unspecified atom stereocenters. The predicted molar refractivity (Wildman–Crippen MR) is 83.5 cm³/mol. The first-order valence-electron chi connectivity index (χ1n) is 8.22. The van der Waals surface area contributed by atoms with Gasteiger partial charge in [0, 0.05) is 43.9 Å². The van der Waals surface area contributed by atoms with Gasteiger partial charge >= 0.3 is 0 Å². The fourth-order valence-corrected chi connectivity index (χ4v) is 3.94. The number of phenols is 2. The van der Waals surface area contributed by atoms with E-state index in [2.05, 4.69) is 10.2 Å². The first-order valence-corrected chi connectivity index (χ1v) is 8.22. The predicted octanol–water partition coefficient (Wildman–Crippen LogP) is 2.62. The van der Waals surface area contributed by atoms with Crippen molar-refractivity contribution in [1.29, 1.82) is 0 Å². The molecule has 2 fully saturated rings. The van der Waals surface area contributed by atoms with Crippen molar-refractivity contribution in [2.24, 2.45) is 5.92 Å². The Kier molecular flexibility index (Phi) is 4.66. The van der Waals surface area contributed by atoms with Crippen molar-refractivity contribution < 1.29 is 10.2 Å². The molecule has 1 heterocycles. The Hall–Kier alpha value is -1.26. The molecule has 1 atom stereocenters. The van der Waals surface area contributed by atoms with Gasteiger partial charge in [-0.1, -0.05) is 25.3 Å². The van der Waals surface area contributed by atoms with Gasteiger partial charge in [0.25, 0.3) is 0 Å². The van der Waals surface area contributed by atoms with Gasteiger partial charge in [0.1, 0.15) is 11.5 Å². The Morgan fingerprint density at radius 1 is 1.05 bits per heavy atom. The minimum atomic E-state index is 0.138. The summed E-state index contributed by atoms with van der Waals surface area (Å²) in [6.45, 7) is 4.09. The molecule has 3 rings (SSSR count). The lowest BCUT2D eigenvalue weighted by molar-refractivity contribution is 0.101. The Labute approximate surface area is 126 Å². The fourth-order valence-electron chi connectivity index (χ4n) is 3.94. The van der Waals surface area contributed by atoms with Gasteiger partial charge in [-0.25, -0.2) is 0 Å². The van der Waals surface area contributed by atoms with Gasteiger partial charge in [0.05, 0.1) is 0 Å². The van der Waals surface area contributed by atoms with Gasteiger partial charge < -0.3 is 15.5 Å². The van der Waals surface area contributed by atoms with Crippen LogP contribution in [0.1, 0.15) is 43.7 Å². The van der Waals surface area contributed by atoms with E-state index in [0.29, 0.717) is 5.92 Å². The average molecular weight is 290 g/mol. The van der Waals surface area contributed by atoms with Crippen molar-refractivity contribution in [3.05, 3.63) is 23.8 Å². The zero-order chi connectivity index (χ0) is 14.7. The van der Waals surface area contributed by atoms with E-state index in [9.17, 15) is 10.2 Å². The van der Waals surface area contributed by atoms with E-state index in [1.54, 1.807) is 6.07 Å². The van der Waals surface area contributed by atoms with Crippen LogP contribution < -0.4 is 5.32 Å². The highest BCUT2D eigenvalue weighted by molar-refractivity contribution is 5.41. The van der Waals surface area contributed by atoms with Crippen molar-refractivity contribution in [2.75, 3.05) is 26.2 Å². The molecule has 2 aliphatic rings. The third-order valence-corrected chi connectivity index (χ3v) is 4.97. The van der Waals surface area contributed by atoms with Crippen LogP contribution in [0, 0.1) is 5.92 Å². The van der Waals surface area contributed by atoms with Crippen LogP contribution in [0.2, 0.25) is 0 Å². The summed E-state index contributed by atoms with van der Waals surface area (Å²) < 4.78 is 0. The topological polar surface area (TPSA) is 55.7 Å². The van der Waals surface area contributed by atoms with Crippen molar-refractivity contribution in [2.45, 2.75) is 38.1 Å². The molecule has 1 aliphatic carbocycles. The number of piperazine rings is 1. The molecule has 4 nitrogen and oxygen atoms in total. The van der Waals surface area contributed by atoms with Crippen LogP contribution >= 0.6 is 0 Å². The summed E-state index contributed by atoms with van der Waals surface area (Å²) in [4.78, 5) is 2.51. The summed E-state index contributed by atoms with van der Waals surface area (Å²) >= 11 is 0. The largest absolute Gasteiger partial charge is 0.508 e. The smallest absolute Gasteiger partial charge is 0.124 e. The molecule has 4 heteroatoms. The maximum absolute atomic E-state index is 10.3. The lowest BCUT2D eigenvalue weighted by Crippen LogP contribution is -2.47. The van der Waals surface area contributed by atoms with Crippen LogP contribution in [0.15, 0.2) is 18.2 Å². The van der Waals surface area contributed by atoms with E-state index in [4.69, 9.17) is 0 Å². The minimum absolute atomic E-state index is 0.138. The van der Waals surface area contributed by atoms with Gasteiger partial charge in [0.2, 0.25) is 0 Å². The highest BCUT2D eigenvalue weighted by Gasteiger charge is 2.32. The molecule has 0 spiro atoms. The summed E-state index contributed by atoms with van der Waals surface area (Å²) in [5.41, 5.74) is 0.988. The number of hydrogen-bond acceptors (Lipinski definition) is 4. The number of benzene rings is 1. The summed E-state index contributed by atoms with van der Waals surface area (Å²) in [6.07, 6.45) is 6.42. The maximum Gasteiger partial charge on any atom is 0.124 e. The molecule has 0 amide bonds. The molecule has 1 aromatic rings. The molecule has 3 N–H and O–H groups in total. The Balaban J connectivity index is 1.89. The fraction of sp³-hybridized carbons (Fsp3) is 0.647. The number of nitrogens with one attached hydrogen (secondary N) is 1. The molecule has 1 saturated heterocycles. The second kappa shape index (κ2) is 6.67. The van der Waals surface area contributed by atoms with Crippen molar-refractivity contribution in [1.82, 2.24) is 10.2 Å². The summed E-state index contributed by atoms with van der Waals surface area (Å²) in [7, 11) is 0. The molecule has 1 aliphatic heterocycles. The van der Waals surface area contributed by atoms with Gasteiger partial charge in [-0.05, 0) is 24.8 Å². The van der Waals surface area contributed by atoms with Crippen molar-refractivity contribution in [3.8, 4) is 11.5 Å². The zero-order valence-electron chi connectivity index (χ0n) is 12.6. The molecular weight excluding hydrogens is 264 g/mol. The van der Waals surface area contributed by atoms with E-state index in [1.807, 2.05) is 6.07 Å². The average Bonchev–Trinajstić information content (AvgIpc) is 2.52. The van der Waals surface area contributed by atoms with E-state index in [-0.39, 0.29) is 17.5 Å². The number of hydrogen-bond donors (Lipinski definition) is 3. The minimum Gasteiger partial charge on any atom is -0.508 e. The Morgan fingerprint density at radius 2 is 1.76 bits per heavy atom. The molecule has 116 valence electrons. The van der Waals surface area contributed by atoms with Crippen LogP contribution in [0.3, 0.4) is 0 Å². The van der Waals surface area contributed by atoms with Crippen LogP contribution in [0.5, 0.6) is 11.5 Å². The van der Waals surface area contributed by atoms with Gasteiger partial charge in [-0.2, -0.15) is 0 Å². The van der Waals surface area contributed by atoms with E-state index >= 15 is 0 Å². The third-order valence-electron chi connectivity index (χ3n) is 4.97. The van der Waals surface area contributed by atoms with Crippen LogP contribution in [0.25, 0.3) is 0 Å². The van der Waals surface area contributed by atoms with Crippen LogP contribution in [-0.4, -0.2) is 41.3 Å². The van der Waals surface area contributed by atoms with Crippen LogP contribution in [0.4, 0.5) is 0 Å². The highest BCUT2D eigenvalue weighted by atomic mass is 16.3. The van der Waals surface area contributed by atoms with Crippen molar-refractivity contribution >= 4 is 0 Å².